The summed E-state index contributed by atoms with van der Waals surface area (Å²) >= 11 is 0. The monoisotopic (exact) mass is 234 g/mol. The van der Waals surface area contributed by atoms with E-state index in [1.54, 1.807) is 0 Å². The van der Waals surface area contributed by atoms with Crippen molar-refractivity contribution in [1.29, 1.82) is 0 Å². The molecule has 1 N–H and O–H groups in total. The highest BCUT2D eigenvalue weighted by Gasteiger charge is 2.42. The van der Waals surface area contributed by atoms with Gasteiger partial charge in [0.25, 0.3) is 0 Å². The SMILES string of the molecule is O=C(OCc1ccccc1)[C@H]1CC[C@H]1C(=O)O. The van der Waals surface area contributed by atoms with Gasteiger partial charge in [-0.15, -0.1) is 0 Å². The van der Waals surface area contributed by atoms with Gasteiger partial charge < -0.3 is 9.84 Å². The average molecular weight is 234 g/mol. The molecule has 4 heteroatoms. The lowest BCUT2D eigenvalue weighted by atomic mass is 9.74. The zero-order chi connectivity index (χ0) is 12.3. The van der Waals surface area contributed by atoms with Crippen molar-refractivity contribution >= 4 is 11.9 Å². The molecule has 1 aliphatic rings. The summed E-state index contributed by atoms with van der Waals surface area (Å²) in [5.74, 6) is -2.32. The van der Waals surface area contributed by atoms with Crippen LogP contribution in [-0.4, -0.2) is 17.0 Å². The fourth-order valence-corrected chi connectivity index (χ4v) is 1.91. The van der Waals surface area contributed by atoms with E-state index in [1.165, 1.54) is 0 Å². The highest BCUT2D eigenvalue weighted by molar-refractivity contribution is 5.82. The highest BCUT2D eigenvalue weighted by Crippen LogP contribution is 2.35. The van der Waals surface area contributed by atoms with Crippen molar-refractivity contribution in [3.8, 4) is 0 Å². The van der Waals surface area contributed by atoms with Gasteiger partial charge in [-0.1, -0.05) is 30.3 Å². The molecule has 0 bridgehead atoms. The third-order valence-corrected chi connectivity index (χ3v) is 3.12. The van der Waals surface area contributed by atoms with E-state index in [1.807, 2.05) is 30.3 Å². The number of esters is 1. The first-order valence-electron chi connectivity index (χ1n) is 5.62. The van der Waals surface area contributed by atoms with E-state index in [-0.39, 0.29) is 6.61 Å². The lowest BCUT2D eigenvalue weighted by Crippen LogP contribution is -2.39. The van der Waals surface area contributed by atoms with E-state index in [0.717, 1.165) is 5.56 Å². The first-order chi connectivity index (χ1) is 8.18. The number of carboxylic acid groups (broad SMARTS) is 1. The number of ether oxygens (including phenoxy) is 1. The van der Waals surface area contributed by atoms with Crippen LogP contribution >= 0.6 is 0 Å². The largest absolute Gasteiger partial charge is 0.481 e. The molecular weight excluding hydrogens is 220 g/mol. The quantitative estimate of drug-likeness (QED) is 0.807. The number of hydrogen-bond donors (Lipinski definition) is 1. The lowest BCUT2D eigenvalue weighted by molar-refractivity contribution is -0.165. The zero-order valence-corrected chi connectivity index (χ0v) is 9.33. The van der Waals surface area contributed by atoms with E-state index >= 15 is 0 Å². The summed E-state index contributed by atoms with van der Waals surface area (Å²) in [6, 6.07) is 9.35. The molecule has 0 heterocycles. The summed E-state index contributed by atoms with van der Waals surface area (Å²) in [6.07, 6.45) is 1.19. The molecule has 17 heavy (non-hydrogen) atoms. The Balaban J connectivity index is 1.84. The molecule has 2 rings (SSSR count). The van der Waals surface area contributed by atoms with E-state index in [0.29, 0.717) is 12.8 Å². The molecule has 1 fully saturated rings. The first kappa shape index (κ1) is 11.6. The van der Waals surface area contributed by atoms with Crippen LogP contribution in [0.5, 0.6) is 0 Å². The van der Waals surface area contributed by atoms with Crippen molar-refractivity contribution in [2.24, 2.45) is 11.8 Å². The molecule has 4 nitrogen and oxygen atoms in total. The fraction of sp³-hybridized carbons (Fsp3) is 0.385. The van der Waals surface area contributed by atoms with Gasteiger partial charge in [0.2, 0.25) is 0 Å². The molecule has 1 aromatic carbocycles. The van der Waals surface area contributed by atoms with Crippen molar-refractivity contribution in [2.45, 2.75) is 19.4 Å². The molecule has 0 aliphatic heterocycles. The molecule has 0 unspecified atom stereocenters. The second kappa shape index (κ2) is 4.99. The van der Waals surface area contributed by atoms with Gasteiger partial charge in [-0.2, -0.15) is 0 Å². The average Bonchev–Trinajstić information content (AvgIpc) is 2.25. The first-order valence-corrected chi connectivity index (χ1v) is 5.62. The molecule has 90 valence electrons. The maximum atomic E-state index is 11.6. The number of aliphatic carboxylic acids is 1. The van der Waals surface area contributed by atoms with Crippen LogP contribution in [0.2, 0.25) is 0 Å². The Morgan fingerprint density at radius 2 is 1.82 bits per heavy atom. The Morgan fingerprint density at radius 3 is 2.35 bits per heavy atom. The van der Waals surface area contributed by atoms with Crippen LogP contribution in [0, 0.1) is 11.8 Å². The van der Waals surface area contributed by atoms with Gasteiger partial charge in [-0.3, -0.25) is 9.59 Å². The van der Waals surface area contributed by atoms with Crippen LogP contribution in [0.1, 0.15) is 18.4 Å². The van der Waals surface area contributed by atoms with Crippen LogP contribution in [0.4, 0.5) is 0 Å². The van der Waals surface area contributed by atoms with Gasteiger partial charge in [0.05, 0.1) is 11.8 Å². The summed E-state index contributed by atoms with van der Waals surface area (Å²) in [5.41, 5.74) is 0.909. The molecular formula is C13H14O4. The predicted octanol–water partition coefficient (Wildman–Crippen LogP) is 1.84. The fourth-order valence-electron chi connectivity index (χ4n) is 1.91. The van der Waals surface area contributed by atoms with Crippen molar-refractivity contribution in [3.05, 3.63) is 35.9 Å². The van der Waals surface area contributed by atoms with E-state index in [4.69, 9.17) is 9.84 Å². The number of benzene rings is 1. The summed E-state index contributed by atoms with van der Waals surface area (Å²) in [5, 5.41) is 8.83. The van der Waals surface area contributed by atoms with Crippen molar-refractivity contribution in [2.75, 3.05) is 0 Å². The van der Waals surface area contributed by atoms with E-state index in [2.05, 4.69) is 0 Å². The minimum atomic E-state index is -0.905. The third-order valence-electron chi connectivity index (χ3n) is 3.12. The standard InChI is InChI=1S/C13H14O4/c14-12(15)10-6-7-11(10)13(16)17-8-9-4-2-1-3-5-9/h1-5,10-11H,6-8H2,(H,14,15)/t10-,11+/m1/s1. The number of rotatable bonds is 4. The van der Waals surface area contributed by atoms with Crippen LogP contribution in [0.25, 0.3) is 0 Å². The predicted molar refractivity (Wildman–Crippen MR) is 60.1 cm³/mol. The number of hydrogen-bond acceptors (Lipinski definition) is 3. The highest BCUT2D eigenvalue weighted by atomic mass is 16.5. The van der Waals surface area contributed by atoms with Gasteiger partial charge in [0.1, 0.15) is 6.61 Å². The third kappa shape index (κ3) is 2.64. The Hall–Kier alpha value is -1.84. The number of carbonyl (C=O) groups excluding carboxylic acids is 1. The lowest BCUT2D eigenvalue weighted by Gasteiger charge is -2.31. The molecule has 1 aromatic rings. The molecule has 0 aromatic heterocycles. The summed E-state index contributed by atoms with van der Waals surface area (Å²) < 4.78 is 5.11. The van der Waals surface area contributed by atoms with Crippen LogP contribution in [-0.2, 0) is 20.9 Å². The van der Waals surface area contributed by atoms with Crippen LogP contribution in [0.15, 0.2) is 30.3 Å². The minimum Gasteiger partial charge on any atom is -0.481 e. The normalized spacial score (nSPS) is 22.6. The van der Waals surface area contributed by atoms with Gasteiger partial charge in [0.15, 0.2) is 0 Å². The molecule has 0 spiro atoms. The molecule has 1 aliphatic carbocycles. The Bertz CT molecular complexity index is 413. The van der Waals surface area contributed by atoms with Crippen LogP contribution < -0.4 is 0 Å². The van der Waals surface area contributed by atoms with Crippen molar-refractivity contribution in [3.63, 3.8) is 0 Å². The summed E-state index contributed by atoms with van der Waals surface area (Å²) in [6.45, 7) is 0.211. The second-order valence-electron chi connectivity index (χ2n) is 4.22. The maximum Gasteiger partial charge on any atom is 0.310 e. The topological polar surface area (TPSA) is 63.6 Å². The maximum absolute atomic E-state index is 11.6. The second-order valence-corrected chi connectivity index (χ2v) is 4.22. The smallest absolute Gasteiger partial charge is 0.310 e. The minimum absolute atomic E-state index is 0.211. The Labute approximate surface area is 99.2 Å². The number of carboxylic acids is 1. The Kier molecular flexibility index (Phi) is 3.42. The van der Waals surface area contributed by atoms with E-state index < -0.39 is 23.8 Å². The molecule has 2 atom stereocenters. The van der Waals surface area contributed by atoms with Gasteiger partial charge in [0, 0.05) is 0 Å². The van der Waals surface area contributed by atoms with Gasteiger partial charge in [-0.05, 0) is 18.4 Å². The summed E-state index contributed by atoms with van der Waals surface area (Å²) in [7, 11) is 0. The van der Waals surface area contributed by atoms with Crippen LogP contribution in [0.3, 0.4) is 0 Å². The van der Waals surface area contributed by atoms with E-state index in [9.17, 15) is 9.59 Å². The zero-order valence-electron chi connectivity index (χ0n) is 9.33. The molecule has 0 radical (unpaired) electrons. The number of carbonyl (C=O) groups is 2. The van der Waals surface area contributed by atoms with Crippen molar-refractivity contribution < 1.29 is 19.4 Å². The van der Waals surface area contributed by atoms with Gasteiger partial charge >= 0.3 is 11.9 Å². The molecule has 0 amide bonds. The molecule has 1 saturated carbocycles. The molecule has 0 saturated heterocycles. The Morgan fingerprint density at radius 1 is 1.18 bits per heavy atom. The summed E-state index contributed by atoms with van der Waals surface area (Å²) in [4.78, 5) is 22.4. The van der Waals surface area contributed by atoms with Crippen molar-refractivity contribution in [1.82, 2.24) is 0 Å². The van der Waals surface area contributed by atoms with Gasteiger partial charge in [-0.25, -0.2) is 0 Å².